The standard InChI is InChI=1S/C9H7BrN2/c10-7-3-4-12-8(5-11)9(7)6-1-2-6/h3-4,6H,1-2H2. The Hall–Kier alpha value is -0.880. The fourth-order valence-corrected chi connectivity index (χ4v) is 1.93. The summed E-state index contributed by atoms with van der Waals surface area (Å²) in [7, 11) is 0. The second kappa shape index (κ2) is 2.87. The Balaban J connectivity index is 2.54. The molecule has 0 amide bonds. The Bertz CT molecular complexity index is 350. The molecule has 0 aromatic carbocycles. The van der Waals surface area contributed by atoms with Crippen molar-refractivity contribution in [1.29, 1.82) is 5.26 Å². The lowest BCUT2D eigenvalue weighted by Gasteiger charge is -2.02. The molecular formula is C9H7BrN2. The first-order valence-electron chi connectivity index (χ1n) is 3.87. The van der Waals surface area contributed by atoms with E-state index in [0.717, 1.165) is 10.0 Å². The minimum atomic E-state index is 0.572. The van der Waals surface area contributed by atoms with Gasteiger partial charge >= 0.3 is 0 Å². The van der Waals surface area contributed by atoms with Gasteiger partial charge < -0.3 is 0 Å². The molecule has 1 aliphatic carbocycles. The largest absolute Gasteiger partial charge is 0.245 e. The maximum atomic E-state index is 8.79. The monoisotopic (exact) mass is 222 g/mol. The molecule has 0 atom stereocenters. The molecule has 0 spiro atoms. The smallest absolute Gasteiger partial charge is 0.145 e. The maximum absolute atomic E-state index is 8.79. The molecule has 1 fully saturated rings. The van der Waals surface area contributed by atoms with Crippen molar-refractivity contribution in [2.75, 3.05) is 0 Å². The van der Waals surface area contributed by atoms with Crippen molar-refractivity contribution in [3.8, 4) is 6.07 Å². The van der Waals surface area contributed by atoms with Crippen molar-refractivity contribution in [2.24, 2.45) is 0 Å². The summed E-state index contributed by atoms with van der Waals surface area (Å²) in [6, 6.07) is 4.01. The van der Waals surface area contributed by atoms with Gasteiger partial charge in [-0.1, -0.05) is 15.9 Å². The van der Waals surface area contributed by atoms with E-state index in [2.05, 4.69) is 27.0 Å². The Labute approximate surface area is 79.4 Å². The van der Waals surface area contributed by atoms with Crippen LogP contribution >= 0.6 is 15.9 Å². The van der Waals surface area contributed by atoms with Gasteiger partial charge in [0.05, 0.1) is 0 Å². The number of halogens is 1. The number of hydrogen-bond donors (Lipinski definition) is 0. The van der Waals surface area contributed by atoms with E-state index < -0.39 is 0 Å². The Morgan fingerprint density at radius 3 is 2.92 bits per heavy atom. The van der Waals surface area contributed by atoms with Gasteiger partial charge in [-0.05, 0) is 24.8 Å². The van der Waals surface area contributed by atoms with Gasteiger partial charge in [0.2, 0.25) is 0 Å². The van der Waals surface area contributed by atoms with E-state index in [1.165, 1.54) is 12.8 Å². The van der Waals surface area contributed by atoms with Gasteiger partial charge in [0.25, 0.3) is 0 Å². The number of nitriles is 1. The summed E-state index contributed by atoms with van der Waals surface area (Å²) < 4.78 is 1.02. The number of aromatic nitrogens is 1. The summed E-state index contributed by atoms with van der Waals surface area (Å²) in [5, 5.41) is 8.79. The third-order valence-electron chi connectivity index (χ3n) is 2.03. The van der Waals surface area contributed by atoms with Gasteiger partial charge in [-0.25, -0.2) is 4.98 Å². The normalized spacial score (nSPS) is 15.7. The molecule has 1 aliphatic rings. The molecule has 2 rings (SSSR count). The number of rotatable bonds is 1. The Kier molecular flexibility index (Phi) is 1.86. The van der Waals surface area contributed by atoms with Crippen LogP contribution in [-0.2, 0) is 0 Å². The molecule has 12 heavy (non-hydrogen) atoms. The van der Waals surface area contributed by atoms with Gasteiger partial charge in [0.15, 0.2) is 0 Å². The highest BCUT2D eigenvalue weighted by molar-refractivity contribution is 9.10. The summed E-state index contributed by atoms with van der Waals surface area (Å²) in [5.41, 5.74) is 1.67. The zero-order valence-corrected chi connectivity index (χ0v) is 8.00. The van der Waals surface area contributed by atoms with Crippen LogP contribution in [0.4, 0.5) is 0 Å². The third kappa shape index (κ3) is 1.23. The van der Waals surface area contributed by atoms with E-state index >= 15 is 0 Å². The summed E-state index contributed by atoms with van der Waals surface area (Å²) in [6.45, 7) is 0. The van der Waals surface area contributed by atoms with Crippen LogP contribution in [0.2, 0.25) is 0 Å². The molecule has 1 aromatic rings. The lowest BCUT2D eigenvalue weighted by Crippen LogP contribution is -1.91. The van der Waals surface area contributed by atoms with Crippen molar-refractivity contribution in [3.63, 3.8) is 0 Å². The van der Waals surface area contributed by atoms with Crippen molar-refractivity contribution >= 4 is 15.9 Å². The lowest BCUT2D eigenvalue weighted by atomic mass is 10.1. The minimum absolute atomic E-state index is 0.572. The molecular weight excluding hydrogens is 216 g/mol. The summed E-state index contributed by atoms with van der Waals surface area (Å²) in [4.78, 5) is 4.03. The fourth-order valence-electron chi connectivity index (χ4n) is 1.30. The highest BCUT2D eigenvalue weighted by Crippen LogP contribution is 2.44. The first-order chi connectivity index (χ1) is 5.83. The quantitative estimate of drug-likeness (QED) is 0.733. The number of pyridine rings is 1. The molecule has 1 heterocycles. The predicted octanol–water partition coefficient (Wildman–Crippen LogP) is 2.59. The average Bonchev–Trinajstić information content (AvgIpc) is 2.87. The molecule has 0 N–H and O–H groups in total. The van der Waals surface area contributed by atoms with Crippen LogP contribution in [0, 0.1) is 11.3 Å². The maximum Gasteiger partial charge on any atom is 0.145 e. The first kappa shape index (κ1) is 7.75. The second-order valence-corrected chi connectivity index (χ2v) is 3.80. The van der Waals surface area contributed by atoms with Crippen molar-refractivity contribution in [3.05, 3.63) is 28.0 Å². The van der Waals surface area contributed by atoms with Crippen LogP contribution in [0.15, 0.2) is 16.7 Å². The SMILES string of the molecule is N#Cc1nccc(Br)c1C1CC1. The molecule has 3 heteroatoms. The zero-order valence-electron chi connectivity index (χ0n) is 6.42. The van der Waals surface area contributed by atoms with Crippen LogP contribution in [0.5, 0.6) is 0 Å². The molecule has 0 bridgehead atoms. The molecule has 2 nitrogen and oxygen atoms in total. The minimum Gasteiger partial charge on any atom is -0.245 e. The highest BCUT2D eigenvalue weighted by atomic mass is 79.9. The fraction of sp³-hybridized carbons (Fsp3) is 0.333. The van der Waals surface area contributed by atoms with Crippen LogP contribution in [0.25, 0.3) is 0 Å². The first-order valence-corrected chi connectivity index (χ1v) is 4.66. The molecule has 0 aliphatic heterocycles. The highest BCUT2D eigenvalue weighted by Gasteiger charge is 2.28. The molecule has 1 saturated carbocycles. The van der Waals surface area contributed by atoms with Crippen molar-refractivity contribution < 1.29 is 0 Å². The van der Waals surface area contributed by atoms with E-state index in [-0.39, 0.29) is 0 Å². The van der Waals surface area contributed by atoms with Crippen LogP contribution in [0.3, 0.4) is 0 Å². The van der Waals surface area contributed by atoms with Gasteiger partial charge in [-0.2, -0.15) is 5.26 Å². The van der Waals surface area contributed by atoms with Crippen molar-refractivity contribution in [1.82, 2.24) is 4.98 Å². The van der Waals surface area contributed by atoms with E-state index in [0.29, 0.717) is 11.6 Å². The van der Waals surface area contributed by atoms with Gasteiger partial charge in [0.1, 0.15) is 11.8 Å². The van der Waals surface area contributed by atoms with E-state index in [1.54, 1.807) is 6.20 Å². The topological polar surface area (TPSA) is 36.7 Å². The van der Waals surface area contributed by atoms with Crippen molar-refractivity contribution in [2.45, 2.75) is 18.8 Å². The Morgan fingerprint density at radius 1 is 1.58 bits per heavy atom. The Morgan fingerprint density at radius 2 is 2.33 bits per heavy atom. The lowest BCUT2D eigenvalue weighted by molar-refractivity contribution is 1.06. The van der Waals surface area contributed by atoms with E-state index in [1.807, 2.05) is 6.07 Å². The van der Waals surface area contributed by atoms with E-state index in [9.17, 15) is 0 Å². The summed E-state index contributed by atoms with van der Waals surface area (Å²) in [5.74, 6) is 0.572. The van der Waals surface area contributed by atoms with Gasteiger partial charge in [-0.3, -0.25) is 0 Å². The predicted molar refractivity (Wildman–Crippen MR) is 48.6 cm³/mol. The van der Waals surface area contributed by atoms with Gasteiger partial charge in [-0.15, -0.1) is 0 Å². The number of hydrogen-bond acceptors (Lipinski definition) is 2. The van der Waals surface area contributed by atoms with Gasteiger partial charge in [0, 0.05) is 16.2 Å². The van der Waals surface area contributed by atoms with Crippen LogP contribution in [0.1, 0.15) is 30.0 Å². The molecule has 0 unspecified atom stereocenters. The third-order valence-corrected chi connectivity index (χ3v) is 2.72. The number of nitrogens with zero attached hydrogens (tertiary/aromatic N) is 2. The molecule has 60 valence electrons. The second-order valence-electron chi connectivity index (χ2n) is 2.94. The van der Waals surface area contributed by atoms with Crippen LogP contribution < -0.4 is 0 Å². The van der Waals surface area contributed by atoms with Crippen LogP contribution in [-0.4, -0.2) is 4.98 Å². The summed E-state index contributed by atoms with van der Waals surface area (Å²) >= 11 is 3.44. The zero-order chi connectivity index (χ0) is 8.55. The molecule has 1 aromatic heterocycles. The van der Waals surface area contributed by atoms with E-state index in [4.69, 9.17) is 5.26 Å². The molecule has 0 radical (unpaired) electrons. The average molecular weight is 223 g/mol. The summed E-state index contributed by atoms with van der Waals surface area (Å²) in [6.07, 6.45) is 4.05. The molecule has 0 saturated heterocycles.